The summed E-state index contributed by atoms with van der Waals surface area (Å²) >= 11 is 3.40. The second-order valence-corrected chi connectivity index (χ2v) is 6.01. The molecule has 0 radical (unpaired) electrons. The molecule has 8 heteroatoms. The molecule has 1 aromatic carbocycles. The van der Waals surface area contributed by atoms with Crippen LogP contribution < -0.4 is 10.6 Å². The number of amides is 2. The lowest BCUT2D eigenvalue weighted by Crippen LogP contribution is -2.29. The summed E-state index contributed by atoms with van der Waals surface area (Å²) in [4.78, 5) is 20.4. The van der Waals surface area contributed by atoms with Crippen molar-refractivity contribution in [2.24, 2.45) is 0 Å². The largest absolute Gasteiger partial charge is 0.334 e. The molecular weight excluding hydrogens is 372 g/mol. The van der Waals surface area contributed by atoms with Crippen molar-refractivity contribution in [2.45, 2.75) is 13.5 Å². The van der Waals surface area contributed by atoms with E-state index in [1.165, 1.54) is 6.33 Å². The summed E-state index contributed by atoms with van der Waals surface area (Å²) in [5, 5.41) is 9.74. The first-order valence-corrected chi connectivity index (χ1v) is 8.02. The number of carbonyl (C=O) groups is 1. The van der Waals surface area contributed by atoms with Gasteiger partial charge in [0.15, 0.2) is 5.82 Å². The predicted octanol–water partition coefficient (Wildman–Crippen LogP) is 3.05. The number of anilines is 1. The summed E-state index contributed by atoms with van der Waals surface area (Å²) in [5.41, 5.74) is 2.58. The van der Waals surface area contributed by atoms with Gasteiger partial charge in [0.25, 0.3) is 0 Å². The first kappa shape index (κ1) is 16.1. The van der Waals surface area contributed by atoms with Crippen molar-refractivity contribution in [2.75, 3.05) is 5.32 Å². The molecule has 2 N–H and O–H groups in total. The number of hydrogen-bond acceptors (Lipinski definition) is 4. The molecule has 2 heterocycles. The molecule has 0 fully saturated rings. The summed E-state index contributed by atoms with van der Waals surface area (Å²) in [6, 6.07) is 9.13. The second kappa shape index (κ2) is 7.22. The van der Waals surface area contributed by atoms with E-state index in [0.29, 0.717) is 12.4 Å². The van der Waals surface area contributed by atoms with Gasteiger partial charge in [-0.1, -0.05) is 28.1 Å². The minimum atomic E-state index is -0.287. The van der Waals surface area contributed by atoms with Gasteiger partial charge in [0.05, 0.1) is 0 Å². The van der Waals surface area contributed by atoms with Gasteiger partial charge < -0.3 is 10.6 Å². The third-order valence-corrected chi connectivity index (χ3v) is 3.88. The molecule has 0 bridgehead atoms. The maximum absolute atomic E-state index is 12.2. The van der Waals surface area contributed by atoms with Crippen molar-refractivity contribution in [1.82, 2.24) is 25.1 Å². The van der Waals surface area contributed by atoms with Crippen LogP contribution in [0.2, 0.25) is 0 Å². The molecular formula is C16H15BrN6O. The summed E-state index contributed by atoms with van der Waals surface area (Å²) in [6.45, 7) is 2.26. The van der Waals surface area contributed by atoms with Crippen LogP contribution in [0.1, 0.15) is 11.1 Å². The van der Waals surface area contributed by atoms with E-state index in [0.717, 1.165) is 21.3 Å². The highest BCUT2D eigenvalue weighted by atomic mass is 79.9. The van der Waals surface area contributed by atoms with Gasteiger partial charge in [-0.05, 0) is 30.7 Å². The summed E-state index contributed by atoms with van der Waals surface area (Å²) in [7, 11) is 0. The van der Waals surface area contributed by atoms with Gasteiger partial charge in [0.2, 0.25) is 0 Å². The number of rotatable bonds is 4. The highest BCUT2D eigenvalue weighted by Gasteiger charge is 2.09. The number of aryl methyl sites for hydroxylation is 1. The van der Waals surface area contributed by atoms with Gasteiger partial charge in [0.1, 0.15) is 12.7 Å². The van der Waals surface area contributed by atoms with Crippen molar-refractivity contribution in [1.29, 1.82) is 0 Å². The fourth-order valence-electron chi connectivity index (χ4n) is 2.16. The average Bonchev–Trinajstić information content (AvgIpc) is 3.11. The van der Waals surface area contributed by atoms with Crippen LogP contribution in [0.5, 0.6) is 0 Å². The van der Waals surface area contributed by atoms with Crippen molar-refractivity contribution in [3.8, 4) is 5.82 Å². The number of hydrogen-bond donors (Lipinski definition) is 2. The van der Waals surface area contributed by atoms with E-state index in [4.69, 9.17) is 0 Å². The number of benzene rings is 1. The number of pyridine rings is 1. The van der Waals surface area contributed by atoms with Crippen LogP contribution in [0.4, 0.5) is 10.5 Å². The summed E-state index contributed by atoms with van der Waals surface area (Å²) in [5.74, 6) is 0.633. The van der Waals surface area contributed by atoms with E-state index >= 15 is 0 Å². The van der Waals surface area contributed by atoms with E-state index < -0.39 is 0 Å². The Bertz CT molecular complexity index is 850. The van der Waals surface area contributed by atoms with Crippen LogP contribution in [0.25, 0.3) is 5.82 Å². The number of nitrogens with zero attached hydrogens (tertiary/aromatic N) is 4. The number of aromatic nitrogens is 4. The minimum Gasteiger partial charge on any atom is -0.334 e. The fourth-order valence-corrected chi connectivity index (χ4v) is 2.52. The highest BCUT2D eigenvalue weighted by molar-refractivity contribution is 9.10. The Balaban J connectivity index is 1.68. The van der Waals surface area contributed by atoms with Gasteiger partial charge in [-0.3, -0.25) is 0 Å². The summed E-state index contributed by atoms with van der Waals surface area (Å²) < 4.78 is 2.47. The molecule has 122 valence electrons. The summed E-state index contributed by atoms with van der Waals surface area (Å²) in [6.07, 6.45) is 4.68. The molecule has 0 aliphatic heterocycles. The van der Waals surface area contributed by atoms with Crippen LogP contribution >= 0.6 is 15.9 Å². The Labute approximate surface area is 147 Å². The smallest absolute Gasteiger partial charge is 0.319 e. The second-order valence-electron chi connectivity index (χ2n) is 5.09. The van der Waals surface area contributed by atoms with Gasteiger partial charge in [0, 0.05) is 28.5 Å². The molecule has 3 aromatic rings. The van der Waals surface area contributed by atoms with Gasteiger partial charge >= 0.3 is 6.03 Å². The van der Waals surface area contributed by atoms with Crippen molar-refractivity contribution in [3.05, 3.63) is 64.8 Å². The van der Waals surface area contributed by atoms with Crippen LogP contribution in [-0.2, 0) is 6.54 Å². The molecule has 0 aliphatic carbocycles. The third kappa shape index (κ3) is 3.77. The van der Waals surface area contributed by atoms with Crippen molar-refractivity contribution < 1.29 is 4.79 Å². The number of nitrogens with one attached hydrogen (secondary N) is 2. The highest BCUT2D eigenvalue weighted by Crippen LogP contribution is 2.20. The molecule has 0 saturated heterocycles. The van der Waals surface area contributed by atoms with E-state index in [2.05, 4.69) is 41.6 Å². The Kier molecular flexibility index (Phi) is 4.85. The molecule has 2 aromatic heterocycles. The Morgan fingerprint density at radius 3 is 3.00 bits per heavy atom. The molecule has 3 rings (SSSR count). The van der Waals surface area contributed by atoms with E-state index in [1.54, 1.807) is 17.2 Å². The topological polar surface area (TPSA) is 84.7 Å². The average molecular weight is 387 g/mol. The van der Waals surface area contributed by atoms with E-state index in [-0.39, 0.29) is 6.03 Å². The molecule has 2 amide bonds. The number of urea groups is 1. The third-order valence-electron chi connectivity index (χ3n) is 3.39. The molecule has 0 atom stereocenters. The SMILES string of the molecule is Cc1ccc(Br)cc1NC(=O)NCc1cccnc1-n1cncn1. The Morgan fingerprint density at radius 2 is 2.21 bits per heavy atom. The van der Waals surface area contributed by atoms with Crippen LogP contribution in [0.3, 0.4) is 0 Å². The lowest BCUT2D eigenvalue weighted by molar-refractivity contribution is 0.251. The first-order chi connectivity index (χ1) is 11.6. The predicted molar refractivity (Wildman–Crippen MR) is 93.9 cm³/mol. The molecule has 0 spiro atoms. The maximum atomic E-state index is 12.2. The molecule has 0 unspecified atom stereocenters. The van der Waals surface area contributed by atoms with Crippen molar-refractivity contribution >= 4 is 27.6 Å². The van der Waals surface area contributed by atoms with E-state index in [9.17, 15) is 4.79 Å². The minimum absolute atomic E-state index is 0.287. The van der Waals surface area contributed by atoms with Gasteiger partial charge in [-0.2, -0.15) is 5.10 Å². The lowest BCUT2D eigenvalue weighted by Gasteiger charge is -2.12. The number of halogens is 1. The zero-order chi connectivity index (χ0) is 16.9. The molecule has 24 heavy (non-hydrogen) atoms. The first-order valence-electron chi connectivity index (χ1n) is 7.23. The number of carbonyl (C=O) groups excluding carboxylic acids is 1. The monoisotopic (exact) mass is 386 g/mol. The fraction of sp³-hybridized carbons (Fsp3) is 0.125. The van der Waals surface area contributed by atoms with Crippen LogP contribution in [-0.4, -0.2) is 25.8 Å². The van der Waals surface area contributed by atoms with Gasteiger partial charge in [-0.25, -0.2) is 19.4 Å². The van der Waals surface area contributed by atoms with E-state index in [1.807, 2.05) is 37.3 Å². The quantitative estimate of drug-likeness (QED) is 0.721. The Morgan fingerprint density at radius 1 is 1.33 bits per heavy atom. The zero-order valence-electron chi connectivity index (χ0n) is 12.9. The van der Waals surface area contributed by atoms with Crippen LogP contribution in [0.15, 0.2) is 53.7 Å². The maximum Gasteiger partial charge on any atom is 0.319 e. The van der Waals surface area contributed by atoms with Gasteiger partial charge in [-0.15, -0.1) is 0 Å². The molecule has 7 nitrogen and oxygen atoms in total. The normalized spacial score (nSPS) is 10.4. The molecule has 0 saturated carbocycles. The lowest BCUT2D eigenvalue weighted by atomic mass is 10.2. The zero-order valence-corrected chi connectivity index (χ0v) is 14.5. The van der Waals surface area contributed by atoms with Crippen LogP contribution in [0, 0.1) is 6.92 Å². The van der Waals surface area contributed by atoms with Crippen molar-refractivity contribution in [3.63, 3.8) is 0 Å². The standard InChI is InChI=1S/C16H15BrN6O/c1-11-4-5-13(17)7-14(11)22-16(24)20-8-12-3-2-6-19-15(12)23-10-18-9-21-23/h2-7,9-10H,8H2,1H3,(H2,20,22,24). The Hall–Kier alpha value is -2.74. The molecule has 0 aliphatic rings.